The van der Waals surface area contributed by atoms with E-state index < -0.39 is 0 Å². The molecule has 32 heavy (non-hydrogen) atoms. The zero-order valence-corrected chi connectivity index (χ0v) is 20.7. The first kappa shape index (κ1) is 24.5. The van der Waals surface area contributed by atoms with Crippen LogP contribution in [0.15, 0.2) is 34.1 Å². The predicted molar refractivity (Wildman–Crippen MR) is 138 cm³/mol. The van der Waals surface area contributed by atoms with Gasteiger partial charge in [-0.15, -0.1) is 0 Å². The van der Waals surface area contributed by atoms with E-state index in [4.69, 9.17) is 12.2 Å². The summed E-state index contributed by atoms with van der Waals surface area (Å²) in [6.07, 6.45) is 10.3. The maximum Gasteiger partial charge on any atom is 0.267 e. The normalized spacial score (nSPS) is 15.5. The molecule has 0 aromatic carbocycles. The molecule has 172 valence electrons. The van der Waals surface area contributed by atoms with Gasteiger partial charge in [-0.25, -0.2) is 4.98 Å². The zero-order valence-electron chi connectivity index (χ0n) is 19.1. The lowest BCUT2D eigenvalue weighted by molar-refractivity contribution is -0.122. The lowest BCUT2D eigenvalue weighted by Crippen LogP contribution is -2.29. The number of thioether (sulfide) groups is 1. The first-order valence-corrected chi connectivity index (χ1v) is 12.7. The molecule has 1 amide bonds. The van der Waals surface area contributed by atoms with E-state index >= 15 is 0 Å². The third-order valence-electron chi connectivity index (χ3n) is 5.33. The van der Waals surface area contributed by atoms with Crippen molar-refractivity contribution in [3.05, 3.63) is 45.2 Å². The van der Waals surface area contributed by atoms with E-state index in [1.54, 1.807) is 29.3 Å². The number of carbonyl (C=O) groups excluding carboxylic acids is 1. The summed E-state index contributed by atoms with van der Waals surface area (Å²) in [6, 6.07) is 5.44. The van der Waals surface area contributed by atoms with Gasteiger partial charge >= 0.3 is 0 Å². The van der Waals surface area contributed by atoms with Gasteiger partial charge in [-0.2, -0.15) is 0 Å². The molecule has 1 saturated heterocycles. The van der Waals surface area contributed by atoms with Gasteiger partial charge in [-0.3, -0.25) is 18.9 Å². The first-order chi connectivity index (χ1) is 15.4. The number of anilines is 1. The van der Waals surface area contributed by atoms with Gasteiger partial charge in [-0.05, 0) is 30.5 Å². The smallest absolute Gasteiger partial charge is 0.267 e. The van der Waals surface area contributed by atoms with Crippen LogP contribution in [0.25, 0.3) is 11.7 Å². The van der Waals surface area contributed by atoms with Gasteiger partial charge in [0.15, 0.2) is 0 Å². The van der Waals surface area contributed by atoms with Crippen molar-refractivity contribution in [1.29, 1.82) is 0 Å². The van der Waals surface area contributed by atoms with Crippen LogP contribution in [0.3, 0.4) is 0 Å². The van der Waals surface area contributed by atoms with Crippen LogP contribution >= 0.6 is 24.0 Å². The Kier molecular flexibility index (Phi) is 8.87. The Labute approximate surface area is 199 Å². The summed E-state index contributed by atoms with van der Waals surface area (Å²) in [7, 11) is 0. The number of aromatic nitrogens is 2. The molecule has 0 aliphatic carbocycles. The molecule has 3 rings (SSSR count). The van der Waals surface area contributed by atoms with E-state index in [-0.39, 0.29) is 11.5 Å². The fourth-order valence-electron chi connectivity index (χ4n) is 3.54. The highest BCUT2D eigenvalue weighted by Gasteiger charge is 2.32. The minimum Gasteiger partial charge on any atom is -0.369 e. The number of thiocarbonyl (C=S) groups is 1. The number of pyridine rings is 1. The van der Waals surface area contributed by atoms with Crippen LogP contribution in [-0.2, 0) is 4.79 Å². The number of nitrogens with one attached hydrogen (secondary N) is 1. The number of rotatable bonds is 11. The van der Waals surface area contributed by atoms with Crippen LogP contribution in [-0.4, -0.2) is 37.6 Å². The highest BCUT2D eigenvalue weighted by Crippen LogP contribution is 2.33. The molecular weight excluding hydrogens is 440 g/mol. The van der Waals surface area contributed by atoms with E-state index in [1.165, 1.54) is 41.8 Å². The summed E-state index contributed by atoms with van der Waals surface area (Å²) in [5.41, 5.74) is 0.744. The molecule has 1 fully saturated rings. The Morgan fingerprint density at radius 1 is 1.16 bits per heavy atom. The van der Waals surface area contributed by atoms with E-state index in [0.717, 1.165) is 12.8 Å². The second kappa shape index (κ2) is 11.6. The van der Waals surface area contributed by atoms with Crippen molar-refractivity contribution in [2.75, 3.05) is 18.4 Å². The van der Waals surface area contributed by atoms with Crippen molar-refractivity contribution < 1.29 is 4.79 Å². The lowest BCUT2D eigenvalue weighted by Gasteiger charge is -2.14. The molecule has 0 atom stereocenters. The third-order valence-corrected chi connectivity index (χ3v) is 6.71. The maximum absolute atomic E-state index is 13.2. The molecule has 3 heterocycles. The van der Waals surface area contributed by atoms with Crippen molar-refractivity contribution in [2.24, 2.45) is 5.92 Å². The molecule has 1 aliphatic rings. The van der Waals surface area contributed by atoms with E-state index in [0.29, 0.717) is 45.3 Å². The number of nitrogens with zero attached hydrogens (tertiary/aromatic N) is 3. The van der Waals surface area contributed by atoms with E-state index in [1.807, 2.05) is 6.07 Å². The molecule has 1 N–H and O–H groups in total. The van der Waals surface area contributed by atoms with Crippen LogP contribution in [0.2, 0.25) is 0 Å². The van der Waals surface area contributed by atoms with Gasteiger partial charge in [0, 0.05) is 19.3 Å². The molecule has 0 unspecified atom stereocenters. The van der Waals surface area contributed by atoms with Gasteiger partial charge in [0.2, 0.25) is 0 Å². The van der Waals surface area contributed by atoms with Crippen LogP contribution in [0.1, 0.15) is 64.9 Å². The number of hydrogen-bond donors (Lipinski definition) is 1. The molecule has 0 radical (unpaired) electrons. The van der Waals surface area contributed by atoms with E-state index in [9.17, 15) is 9.59 Å². The van der Waals surface area contributed by atoms with Gasteiger partial charge in [0.1, 0.15) is 15.8 Å². The van der Waals surface area contributed by atoms with Gasteiger partial charge in [0.05, 0.1) is 10.5 Å². The quantitative estimate of drug-likeness (QED) is 0.271. The van der Waals surface area contributed by atoms with Crippen molar-refractivity contribution in [3.63, 3.8) is 0 Å². The van der Waals surface area contributed by atoms with Gasteiger partial charge in [0.25, 0.3) is 11.5 Å². The molecule has 2 aromatic rings. The average molecular weight is 473 g/mol. The van der Waals surface area contributed by atoms with Crippen LogP contribution in [0, 0.1) is 5.92 Å². The third kappa shape index (κ3) is 5.98. The summed E-state index contributed by atoms with van der Waals surface area (Å²) >= 11 is 6.73. The van der Waals surface area contributed by atoms with Crippen molar-refractivity contribution in [1.82, 2.24) is 14.3 Å². The Morgan fingerprint density at radius 3 is 2.66 bits per heavy atom. The van der Waals surface area contributed by atoms with Crippen molar-refractivity contribution >= 4 is 51.7 Å². The van der Waals surface area contributed by atoms with Crippen LogP contribution in [0.4, 0.5) is 5.82 Å². The minimum atomic E-state index is -0.206. The second-order valence-electron chi connectivity index (χ2n) is 8.48. The SMILES string of the molecule is CCCCCCCCN1C(=O)/C(=C\c2c(NCC(C)C)nc3ccccn3c2=O)SC1=S. The molecular formula is C24H32N4O2S2. The first-order valence-electron chi connectivity index (χ1n) is 11.4. The number of fused-ring (bicyclic) bond motifs is 1. The lowest BCUT2D eigenvalue weighted by atomic mass is 10.1. The number of carbonyl (C=O) groups is 1. The number of amides is 1. The Morgan fingerprint density at radius 2 is 1.91 bits per heavy atom. The Hall–Kier alpha value is -2.19. The molecule has 6 nitrogen and oxygen atoms in total. The minimum absolute atomic E-state index is 0.124. The molecule has 0 bridgehead atoms. The highest BCUT2D eigenvalue weighted by molar-refractivity contribution is 8.26. The summed E-state index contributed by atoms with van der Waals surface area (Å²) in [6.45, 7) is 7.69. The van der Waals surface area contributed by atoms with Crippen LogP contribution < -0.4 is 10.9 Å². The zero-order chi connectivity index (χ0) is 23.1. The number of hydrogen-bond acceptors (Lipinski definition) is 6. The maximum atomic E-state index is 13.2. The van der Waals surface area contributed by atoms with Gasteiger partial charge < -0.3 is 5.32 Å². The summed E-state index contributed by atoms with van der Waals surface area (Å²) in [5, 5.41) is 3.28. The second-order valence-corrected chi connectivity index (χ2v) is 10.2. The fourth-order valence-corrected chi connectivity index (χ4v) is 4.83. The Bertz CT molecular complexity index is 1060. The van der Waals surface area contributed by atoms with Crippen molar-refractivity contribution in [2.45, 2.75) is 59.3 Å². The molecule has 0 spiro atoms. The largest absolute Gasteiger partial charge is 0.369 e. The molecule has 8 heteroatoms. The molecule has 2 aromatic heterocycles. The molecule has 0 saturated carbocycles. The number of unbranched alkanes of at least 4 members (excludes halogenated alkanes) is 5. The standard InChI is InChI=1S/C24H32N4O2S2/c1-4-5-6-7-8-10-14-28-23(30)19(32-24(28)31)15-18-21(25-16-17(2)3)26-20-12-9-11-13-27(20)22(18)29/h9,11-13,15,17,25H,4-8,10,14,16H2,1-3H3/b19-15+. The monoisotopic (exact) mass is 472 g/mol. The summed E-state index contributed by atoms with van der Waals surface area (Å²) < 4.78 is 2.06. The van der Waals surface area contributed by atoms with Crippen LogP contribution in [0.5, 0.6) is 0 Å². The fraction of sp³-hybridized carbons (Fsp3) is 0.500. The summed E-state index contributed by atoms with van der Waals surface area (Å²) in [4.78, 5) is 33.0. The van der Waals surface area contributed by atoms with E-state index in [2.05, 4.69) is 31.1 Å². The topological polar surface area (TPSA) is 66.7 Å². The van der Waals surface area contributed by atoms with Gasteiger partial charge in [-0.1, -0.05) is 82.9 Å². The predicted octanol–water partition coefficient (Wildman–Crippen LogP) is 5.32. The molecule has 1 aliphatic heterocycles. The summed E-state index contributed by atoms with van der Waals surface area (Å²) in [5.74, 6) is 0.756. The average Bonchev–Trinajstić information content (AvgIpc) is 3.04. The Balaban J connectivity index is 1.83. The highest BCUT2D eigenvalue weighted by atomic mass is 32.2. The van der Waals surface area contributed by atoms with Crippen molar-refractivity contribution in [3.8, 4) is 0 Å².